The maximum Gasteiger partial charge on any atom is 0.264 e. The molecule has 3 aromatic carbocycles. The molecule has 0 bridgehead atoms. The van der Waals surface area contributed by atoms with Gasteiger partial charge in [-0.1, -0.05) is 54.4 Å². The predicted octanol–water partition coefficient (Wildman–Crippen LogP) is 5.10. The molecule has 3 rings (SSSR count). The summed E-state index contributed by atoms with van der Waals surface area (Å²) in [7, 11) is -2.63. The van der Waals surface area contributed by atoms with E-state index >= 15 is 0 Å². The Bertz CT molecular complexity index is 1440. The van der Waals surface area contributed by atoms with Crippen molar-refractivity contribution in [2.75, 3.05) is 24.5 Å². The van der Waals surface area contributed by atoms with E-state index in [2.05, 4.69) is 5.32 Å². The maximum absolute atomic E-state index is 14.0. The lowest BCUT2D eigenvalue weighted by Gasteiger charge is -2.32. The van der Waals surface area contributed by atoms with Crippen LogP contribution in [0.25, 0.3) is 0 Å². The number of benzene rings is 3. The Labute approximate surface area is 241 Å². The van der Waals surface area contributed by atoms with Crippen molar-refractivity contribution in [1.82, 2.24) is 10.2 Å². The van der Waals surface area contributed by atoms with Crippen LogP contribution < -0.4 is 14.4 Å². The summed E-state index contributed by atoms with van der Waals surface area (Å²) in [5.74, 6) is -0.270. The van der Waals surface area contributed by atoms with Gasteiger partial charge >= 0.3 is 0 Å². The number of hydrogen-bond donors (Lipinski definition) is 1. The van der Waals surface area contributed by atoms with E-state index in [1.807, 2.05) is 19.9 Å². The molecule has 0 radical (unpaired) electrons. The van der Waals surface area contributed by atoms with Crippen LogP contribution in [0.2, 0.25) is 5.02 Å². The molecule has 0 aliphatic heterocycles. The first kappa shape index (κ1) is 31.0. The van der Waals surface area contributed by atoms with E-state index in [0.29, 0.717) is 22.9 Å². The zero-order valence-electron chi connectivity index (χ0n) is 23.5. The van der Waals surface area contributed by atoms with Gasteiger partial charge in [0.15, 0.2) is 0 Å². The first-order valence-electron chi connectivity index (χ1n) is 13.0. The number of carbonyl (C=O) groups excluding carboxylic acids is 2. The van der Waals surface area contributed by atoms with Crippen molar-refractivity contribution in [1.29, 1.82) is 0 Å². The van der Waals surface area contributed by atoms with Crippen molar-refractivity contribution in [3.05, 3.63) is 88.4 Å². The number of sulfonamides is 1. The fourth-order valence-corrected chi connectivity index (χ4v) is 5.80. The lowest BCUT2D eigenvalue weighted by atomic mass is 10.1. The standard InChI is InChI=1S/C30H36ClN3O5S/c1-6-17-32-30(36)23(4)33(19-24-9-7-10-25(18-24)39-5)29(35)20-34(28-12-8-11-27(31)22(28)3)40(37,38)26-15-13-21(2)14-16-26/h7-16,18,23H,6,17,19-20H2,1-5H3,(H,32,36). The smallest absolute Gasteiger partial charge is 0.264 e. The second kappa shape index (κ2) is 13.7. The SMILES string of the molecule is CCCNC(=O)C(C)N(Cc1cccc(OC)c1)C(=O)CN(c1cccc(Cl)c1C)S(=O)(=O)c1ccc(C)cc1. The largest absolute Gasteiger partial charge is 0.497 e. The summed E-state index contributed by atoms with van der Waals surface area (Å²) >= 11 is 6.37. The zero-order chi connectivity index (χ0) is 29.4. The Hall–Kier alpha value is -3.56. The molecule has 1 unspecified atom stereocenters. The van der Waals surface area contributed by atoms with Crippen LogP contribution in [0.4, 0.5) is 5.69 Å². The number of amides is 2. The second-order valence-electron chi connectivity index (χ2n) is 9.55. The number of nitrogens with one attached hydrogen (secondary N) is 1. The van der Waals surface area contributed by atoms with Gasteiger partial charge in [0.25, 0.3) is 10.0 Å². The van der Waals surface area contributed by atoms with E-state index in [9.17, 15) is 18.0 Å². The van der Waals surface area contributed by atoms with Crippen LogP contribution in [0.15, 0.2) is 71.6 Å². The summed E-state index contributed by atoms with van der Waals surface area (Å²) in [4.78, 5) is 28.4. The third-order valence-corrected chi connectivity index (χ3v) is 8.78. The van der Waals surface area contributed by atoms with Crippen molar-refractivity contribution in [2.45, 2.75) is 51.6 Å². The van der Waals surface area contributed by atoms with Crippen LogP contribution in [0.3, 0.4) is 0 Å². The molecule has 0 saturated carbocycles. The van der Waals surface area contributed by atoms with Gasteiger partial charge in [-0.05, 0) is 74.7 Å². The highest BCUT2D eigenvalue weighted by molar-refractivity contribution is 7.92. The van der Waals surface area contributed by atoms with Crippen molar-refractivity contribution < 1.29 is 22.7 Å². The minimum atomic E-state index is -4.18. The molecule has 0 aliphatic rings. The zero-order valence-corrected chi connectivity index (χ0v) is 25.1. The Kier molecular flexibility index (Phi) is 10.6. The lowest BCUT2D eigenvalue weighted by molar-refractivity contribution is -0.139. The molecule has 0 saturated heterocycles. The highest BCUT2D eigenvalue weighted by Crippen LogP contribution is 2.31. The van der Waals surface area contributed by atoms with Crippen LogP contribution in [-0.4, -0.2) is 51.4 Å². The van der Waals surface area contributed by atoms with E-state index in [-0.39, 0.29) is 23.0 Å². The number of aryl methyl sites for hydroxylation is 1. The van der Waals surface area contributed by atoms with Gasteiger partial charge in [-0.25, -0.2) is 8.42 Å². The summed E-state index contributed by atoms with van der Waals surface area (Å²) in [5, 5.41) is 3.20. The summed E-state index contributed by atoms with van der Waals surface area (Å²) < 4.78 is 34.3. The monoisotopic (exact) mass is 585 g/mol. The first-order chi connectivity index (χ1) is 19.0. The number of ether oxygens (including phenoxy) is 1. The fraction of sp³-hybridized carbons (Fsp3) is 0.333. The fourth-order valence-electron chi connectivity index (χ4n) is 4.16. The molecule has 0 aromatic heterocycles. The number of halogens is 1. The molecule has 2 amide bonds. The minimum Gasteiger partial charge on any atom is -0.497 e. The van der Waals surface area contributed by atoms with Crippen LogP contribution in [-0.2, 0) is 26.2 Å². The maximum atomic E-state index is 14.0. The molecule has 3 aromatic rings. The van der Waals surface area contributed by atoms with Crippen LogP contribution >= 0.6 is 11.6 Å². The molecule has 214 valence electrons. The average molecular weight is 586 g/mol. The average Bonchev–Trinajstić information content (AvgIpc) is 2.94. The summed E-state index contributed by atoms with van der Waals surface area (Å²) in [6.07, 6.45) is 0.735. The van der Waals surface area contributed by atoms with Crippen LogP contribution in [0.5, 0.6) is 5.75 Å². The molecule has 8 nitrogen and oxygen atoms in total. The summed E-state index contributed by atoms with van der Waals surface area (Å²) in [6, 6.07) is 17.6. The third-order valence-electron chi connectivity index (χ3n) is 6.60. The first-order valence-corrected chi connectivity index (χ1v) is 14.9. The molecule has 40 heavy (non-hydrogen) atoms. The molecule has 0 heterocycles. The van der Waals surface area contributed by atoms with Gasteiger partial charge in [-0.3, -0.25) is 13.9 Å². The van der Waals surface area contributed by atoms with Gasteiger partial charge < -0.3 is 15.0 Å². The third kappa shape index (κ3) is 7.34. The topological polar surface area (TPSA) is 96.0 Å². The minimum absolute atomic E-state index is 0.0401. The van der Waals surface area contributed by atoms with Gasteiger partial charge in [0.05, 0.1) is 17.7 Å². The summed E-state index contributed by atoms with van der Waals surface area (Å²) in [6.45, 7) is 7.13. The van der Waals surface area contributed by atoms with E-state index in [4.69, 9.17) is 16.3 Å². The molecule has 0 aliphatic carbocycles. The number of methoxy groups -OCH3 is 1. The Morgan fingerprint density at radius 3 is 2.35 bits per heavy atom. The molecule has 0 spiro atoms. The molecule has 10 heteroatoms. The molecular formula is C30H36ClN3O5S. The second-order valence-corrected chi connectivity index (χ2v) is 11.8. The highest BCUT2D eigenvalue weighted by atomic mass is 35.5. The number of rotatable bonds is 12. The number of anilines is 1. The van der Waals surface area contributed by atoms with Gasteiger partial charge in [0.2, 0.25) is 11.8 Å². The van der Waals surface area contributed by atoms with Crippen molar-refractivity contribution in [3.63, 3.8) is 0 Å². The Balaban J connectivity index is 2.07. The molecule has 0 fully saturated rings. The summed E-state index contributed by atoms with van der Waals surface area (Å²) in [5.41, 5.74) is 2.43. The normalized spacial score (nSPS) is 11.9. The number of nitrogens with zero attached hydrogens (tertiary/aromatic N) is 2. The van der Waals surface area contributed by atoms with Crippen LogP contribution in [0.1, 0.15) is 37.0 Å². The van der Waals surface area contributed by atoms with E-state index < -0.39 is 28.5 Å². The van der Waals surface area contributed by atoms with E-state index in [1.54, 1.807) is 69.5 Å². The van der Waals surface area contributed by atoms with Crippen molar-refractivity contribution in [3.8, 4) is 5.75 Å². The predicted molar refractivity (Wildman–Crippen MR) is 158 cm³/mol. The number of hydrogen-bond acceptors (Lipinski definition) is 5. The Morgan fingerprint density at radius 1 is 1.02 bits per heavy atom. The van der Waals surface area contributed by atoms with Gasteiger partial charge in [-0.2, -0.15) is 0 Å². The number of carbonyl (C=O) groups is 2. The van der Waals surface area contributed by atoms with Crippen molar-refractivity contribution >= 4 is 39.1 Å². The van der Waals surface area contributed by atoms with Crippen molar-refractivity contribution in [2.24, 2.45) is 0 Å². The highest BCUT2D eigenvalue weighted by Gasteiger charge is 2.33. The molecule has 1 N–H and O–H groups in total. The lowest BCUT2D eigenvalue weighted by Crippen LogP contribution is -2.51. The Morgan fingerprint density at radius 2 is 1.70 bits per heavy atom. The van der Waals surface area contributed by atoms with Crippen LogP contribution in [0, 0.1) is 13.8 Å². The van der Waals surface area contributed by atoms with Gasteiger partial charge in [-0.15, -0.1) is 0 Å². The quantitative estimate of drug-likeness (QED) is 0.319. The molecule has 1 atom stereocenters. The van der Waals surface area contributed by atoms with Gasteiger partial charge in [0.1, 0.15) is 18.3 Å². The molecular weight excluding hydrogens is 550 g/mol. The van der Waals surface area contributed by atoms with E-state index in [1.165, 1.54) is 17.0 Å². The van der Waals surface area contributed by atoms with Gasteiger partial charge in [0, 0.05) is 18.1 Å². The van der Waals surface area contributed by atoms with E-state index in [0.717, 1.165) is 21.9 Å².